The molecular weight excluding hydrogens is 376 g/mol. The molecule has 1 unspecified atom stereocenters. The molecule has 1 aromatic heterocycles. The van der Waals surface area contributed by atoms with Gasteiger partial charge in [0.2, 0.25) is 0 Å². The van der Waals surface area contributed by atoms with Crippen molar-refractivity contribution in [2.24, 2.45) is 0 Å². The topological polar surface area (TPSA) is 60.5 Å². The van der Waals surface area contributed by atoms with E-state index in [9.17, 15) is 4.79 Å². The molecule has 0 aliphatic carbocycles. The Bertz CT molecular complexity index is 944. The number of amides is 1. The van der Waals surface area contributed by atoms with Gasteiger partial charge in [0.05, 0.1) is 5.69 Å². The fourth-order valence-corrected chi connectivity index (χ4v) is 3.02. The van der Waals surface area contributed by atoms with Gasteiger partial charge in [-0.05, 0) is 53.8 Å². The van der Waals surface area contributed by atoms with Gasteiger partial charge >= 0.3 is 0 Å². The first-order valence-corrected chi connectivity index (χ1v) is 10.3. The number of nitrogens with zero attached hydrogens (tertiary/aromatic N) is 1. The van der Waals surface area contributed by atoms with Gasteiger partial charge in [0.15, 0.2) is 6.61 Å². The molecule has 0 saturated heterocycles. The summed E-state index contributed by atoms with van der Waals surface area (Å²) in [6.45, 7) is 5.10. The monoisotopic (exact) mass is 404 g/mol. The molecule has 5 heteroatoms. The third-order valence-electron chi connectivity index (χ3n) is 4.92. The number of carbonyl (C=O) groups excluding carboxylic acids is 1. The van der Waals surface area contributed by atoms with Gasteiger partial charge in [-0.25, -0.2) is 0 Å². The van der Waals surface area contributed by atoms with Crippen LogP contribution in [0.1, 0.15) is 43.0 Å². The molecule has 1 heterocycles. The molecule has 1 atom stereocenters. The lowest BCUT2D eigenvalue weighted by atomic mass is 9.98. The van der Waals surface area contributed by atoms with Crippen molar-refractivity contribution in [2.45, 2.75) is 39.3 Å². The fourth-order valence-electron chi connectivity index (χ4n) is 3.02. The largest absolute Gasteiger partial charge is 0.487 e. The lowest BCUT2D eigenvalue weighted by Gasteiger charge is -2.15. The van der Waals surface area contributed by atoms with Gasteiger partial charge < -0.3 is 14.8 Å². The van der Waals surface area contributed by atoms with E-state index in [-0.39, 0.29) is 12.5 Å². The molecule has 156 valence electrons. The van der Waals surface area contributed by atoms with Gasteiger partial charge in [-0.2, -0.15) is 0 Å². The number of pyridine rings is 1. The first-order chi connectivity index (χ1) is 14.7. The van der Waals surface area contributed by atoms with Crippen LogP contribution < -0.4 is 14.8 Å². The first-order valence-electron chi connectivity index (χ1n) is 10.3. The minimum Gasteiger partial charge on any atom is -0.487 e. The van der Waals surface area contributed by atoms with Crippen LogP contribution in [0.3, 0.4) is 0 Å². The van der Waals surface area contributed by atoms with Crippen LogP contribution >= 0.6 is 0 Å². The molecule has 3 rings (SSSR count). The van der Waals surface area contributed by atoms with Crippen molar-refractivity contribution in [1.29, 1.82) is 0 Å². The van der Waals surface area contributed by atoms with Crippen molar-refractivity contribution in [1.82, 2.24) is 10.3 Å². The van der Waals surface area contributed by atoms with Crippen LogP contribution in [0.2, 0.25) is 0 Å². The molecule has 0 bridgehead atoms. The highest BCUT2D eigenvalue weighted by Gasteiger charge is 2.11. The van der Waals surface area contributed by atoms with Crippen molar-refractivity contribution in [3.05, 3.63) is 89.7 Å². The van der Waals surface area contributed by atoms with E-state index < -0.39 is 0 Å². The number of para-hydroxylation sites is 1. The molecule has 0 aliphatic heterocycles. The Morgan fingerprint density at radius 2 is 1.87 bits per heavy atom. The maximum absolute atomic E-state index is 12.3. The second kappa shape index (κ2) is 11.0. The van der Waals surface area contributed by atoms with E-state index in [4.69, 9.17) is 9.47 Å². The summed E-state index contributed by atoms with van der Waals surface area (Å²) in [4.78, 5) is 16.5. The highest BCUT2D eigenvalue weighted by molar-refractivity contribution is 5.77. The maximum atomic E-state index is 12.3. The molecule has 30 heavy (non-hydrogen) atoms. The van der Waals surface area contributed by atoms with Crippen LogP contribution in [0.4, 0.5) is 0 Å². The molecule has 5 nitrogen and oxygen atoms in total. The molecule has 2 aromatic carbocycles. The summed E-state index contributed by atoms with van der Waals surface area (Å²) < 4.78 is 11.6. The minimum absolute atomic E-state index is 0.0106. The van der Waals surface area contributed by atoms with E-state index in [1.165, 1.54) is 0 Å². The fraction of sp³-hybridized carbons (Fsp3) is 0.280. The van der Waals surface area contributed by atoms with Gasteiger partial charge in [-0.15, -0.1) is 0 Å². The second-order valence-electron chi connectivity index (χ2n) is 7.17. The normalized spacial score (nSPS) is 11.5. The zero-order valence-electron chi connectivity index (χ0n) is 17.5. The molecule has 1 amide bonds. The Balaban J connectivity index is 1.48. The summed E-state index contributed by atoms with van der Waals surface area (Å²) in [5.41, 5.74) is 2.96. The molecule has 1 N–H and O–H groups in total. The third-order valence-corrected chi connectivity index (χ3v) is 4.92. The Morgan fingerprint density at radius 1 is 1.03 bits per heavy atom. The lowest BCUT2D eigenvalue weighted by molar-refractivity contribution is -0.123. The molecule has 0 fully saturated rings. The van der Waals surface area contributed by atoms with Gasteiger partial charge in [0.1, 0.15) is 18.1 Å². The van der Waals surface area contributed by atoms with Crippen molar-refractivity contribution in [3.8, 4) is 11.5 Å². The quantitative estimate of drug-likeness (QED) is 0.524. The van der Waals surface area contributed by atoms with E-state index in [2.05, 4.69) is 30.2 Å². The third kappa shape index (κ3) is 6.34. The number of hydrogen-bond donors (Lipinski definition) is 1. The van der Waals surface area contributed by atoms with E-state index in [0.717, 1.165) is 34.7 Å². The smallest absolute Gasteiger partial charge is 0.258 e. The van der Waals surface area contributed by atoms with Crippen molar-refractivity contribution < 1.29 is 14.3 Å². The van der Waals surface area contributed by atoms with Crippen LogP contribution in [-0.4, -0.2) is 17.5 Å². The number of carbonyl (C=O) groups is 1. The van der Waals surface area contributed by atoms with E-state index >= 15 is 0 Å². The number of ether oxygens (including phenoxy) is 2. The van der Waals surface area contributed by atoms with Crippen molar-refractivity contribution in [3.63, 3.8) is 0 Å². The number of rotatable bonds is 10. The molecule has 0 saturated carbocycles. The minimum atomic E-state index is -0.159. The van der Waals surface area contributed by atoms with Crippen molar-refractivity contribution >= 4 is 5.91 Å². The molecule has 0 aliphatic rings. The number of nitrogens with one attached hydrogen (secondary N) is 1. The average Bonchev–Trinajstić information content (AvgIpc) is 2.80. The summed E-state index contributed by atoms with van der Waals surface area (Å²) in [5, 5.41) is 2.90. The second-order valence-corrected chi connectivity index (χ2v) is 7.17. The van der Waals surface area contributed by atoms with Gasteiger partial charge in [-0.3, -0.25) is 9.78 Å². The van der Waals surface area contributed by atoms with Crippen LogP contribution in [0.25, 0.3) is 0 Å². The summed E-state index contributed by atoms with van der Waals surface area (Å²) in [6.07, 6.45) is 2.76. The van der Waals surface area contributed by atoms with Crippen LogP contribution in [-0.2, 0) is 17.9 Å². The van der Waals surface area contributed by atoms with E-state index in [1.807, 2.05) is 60.7 Å². The zero-order valence-corrected chi connectivity index (χ0v) is 17.5. The van der Waals surface area contributed by atoms with Crippen LogP contribution in [0, 0.1) is 0 Å². The zero-order chi connectivity index (χ0) is 21.2. The summed E-state index contributed by atoms with van der Waals surface area (Å²) in [5.74, 6) is 1.74. The predicted octanol–water partition coefficient (Wildman–Crippen LogP) is 4.87. The van der Waals surface area contributed by atoms with Crippen LogP contribution in [0.15, 0.2) is 72.9 Å². The summed E-state index contributed by atoms with van der Waals surface area (Å²) in [6, 6.07) is 21.3. The summed E-state index contributed by atoms with van der Waals surface area (Å²) >= 11 is 0. The van der Waals surface area contributed by atoms with Crippen molar-refractivity contribution in [2.75, 3.05) is 6.61 Å². The van der Waals surface area contributed by atoms with E-state index in [1.54, 1.807) is 6.20 Å². The average molecular weight is 405 g/mol. The number of aromatic nitrogens is 1. The predicted molar refractivity (Wildman–Crippen MR) is 118 cm³/mol. The highest BCUT2D eigenvalue weighted by Crippen LogP contribution is 2.28. The highest BCUT2D eigenvalue weighted by atomic mass is 16.5. The van der Waals surface area contributed by atoms with E-state index in [0.29, 0.717) is 19.1 Å². The number of hydrogen-bond acceptors (Lipinski definition) is 4. The maximum Gasteiger partial charge on any atom is 0.258 e. The molecular formula is C25H28N2O3. The van der Waals surface area contributed by atoms with Gasteiger partial charge in [-0.1, -0.05) is 50.2 Å². The Morgan fingerprint density at radius 3 is 2.67 bits per heavy atom. The Hall–Kier alpha value is -3.34. The first kappa shape index (κ1) is 21.4. The standard InChI is InChI=1S/C25H28N2O3/c1-3-19(2)23-12-4-5-13-24(23)30-18-25(28)27-16-20-9-8-11-22(15-20)29-17-21-10-6-7-14-26-21/h4-15,19H,3,16-18H2,1-2H3,(H,27,28). The Labute approximate surface area is 178 Å². The van der Waals surface area contributed by atoms with Crippen LogP contribution in [0.5, 0.6) is 11.5 Å². The lowest BCUT2D eigenvalue weighted by Crippen LogP contribution is -2.28. The molecule has 3 aromatic rings. The molecule has 0 radical (unpaired) electrons. The number of benzene rings is 2. The SMILES string of the molecule is CCC(C)c1ccccc1OCC(=O)NCc1cccc(OCc2ccccn2)c1. The Kier molecular flexibility index (Phi) is 7.84. The van der Waals surface area contributed by atoms with Gasteiger partial charge in [0.25, 0.3) is 5.91 Å². The molecule has 0 spiro atoms. The van der Waals surface area contributed by atoms with Gasteiger partial charge in [0, 0.05) is 12.7 Å². The summed E-state index contributed by atoms with van der Waals surface area (Å²) in [7, 11) is 0.